The number of ether oxygens (including phenoxy) is 7. The molecule has 0 amide bonds. The summed E-state index contributed by atoms with van der Waals surface area (Å²) < 4.78 is 44.4. The fourth-order valence-electron chi connectivity index (χ4n) is 10.4. The summed E-state index contributed by atoms with van der Waals surface area (Å²) >= 11 is 0. The quantitative estimate of drug-likeness (QED) is 0.214. The second-order valence-corrected chi connectivity index (χ2v) is 19.6. The number of carbonyl (C=O) groups is 3. The number of Topliss-reactive ketones (excluding diaryl/α,β-unsaturated/α-hetero) is 1. The number of esters is 2. The van der Waals surface area contributed by atoms with Gasteiger partial charge in [-0.2, -0.15) is 0 Å². The molecule has 4 aliphatic rings. The first-order chi connectivity index (χ1) is 27.9. The van der Waals surface area contributed by atoms with E-state index in [0.717, 1.165) is 32.1 Å². The molecule has 3 saturated heterocycles. The van der Waals surface area contributed by atoms with Gasteiger partial charge in [-0.1, -0.05) is 53.4 Å². The summed E-state index contributed by atoms with van der Waals surface area (Å²) in [5, 5.41) is 46.9. The van der Waals surface area contributed by atoms with Crippen molar-refractivity contribution < 1.29 is 68.0 Å². The van der Waals surface area contributed by atoms with Gasteiger partial charge in [0.15, 0.2) is 18.7 Å². The Morgan fingerprint density at radius 1 is 0.883 bits per heavy atom. The molecule has 18 atom stereocenters. The van der Waals surface area contributed by atoms with E-state index in [9.17, 15) is 34.8 Å². The van der Waals surface area contributed by atoms with Crippen molar-refractivity contribution in [2.75, 3.05) is 21.2 Å². The smallest absolute Gasteiger partial charge is 0.311 e. The average molecular weight is 858 g/mol. The lowest BCUT2D eigenvalue weighted by Crippen LogP contribution is -2.61. The van der Waals surface area contributed by atoms with Gasteiger partial charge in [0.1, 0.15) is 23.6 Å². The zero-order chi connectivity index (χ0) is 45.1. The fourth-order valence-corrected chi connectivity index (χ4v) is 10.4. The third kappa shape index (κ3) is 11.7. The van der Waals surface area contributed by atoms with E-state index in [1.54, 1.807) is 48.5 Å². The van der Waals surface area contributed by atoms with Crippen molar-refractivity contribution in [3.05, 3.63) is 0 Å². The van der Waals surface area contributed by atoms with Crippen molar-refractivity contribution in [3.63, 3.8) is 0 Å². The van der Waals surface area contributed by atoms with Crippen LogP contribution < -0.4 is 0 Å². The van der Waals surface area contributed by atoms with E-state index in [2.05, 4.69) is 0 Å². The second-order valence-electron chi connectivity index (χ2n) is 19.6. The van der Waals surface area contributed by atoms with Gasteiger partial charge in [-0.15, -0.1) is 0 Å². The molecule has 0 aromatic heterocycles. The first-order valence-corrected chi connectivity index (χ1v) is 22.5. The van der Waals surface area contributed by atoms with Gasteiger partial charge in [-0.05, 0) is 87.2 Å². The fraction of sp³-hybridized carbons (Fsp3) is 0.933. The van der Waals surface area contributed by atoms with Crippen LogP contribution in [0, 0.1) is 29.6 Å². The Morgan fingerprint density at radius 2 is 1.52 bits per heavy atom. The highest BCUT2D eigenvalue weighted by Crippen LogP contribution is 2.41. The lowest BCUT2D eigenvalue weighted by molar-refractivity contribution is -0.319. The van der Waals surface area contributed by atoms with Crippen LogP contribution in [0.3, 0.4) is 0 Å². The first kappa shape index (κ1) is 50.9. The second kappa shape index (κ2) is 20.8. The van der Waals surface area contributed by atoms with Crippen LogP contribution in [-0.2, 0) is 47.5 Å². The number of aliphatic hydroxyl groups excluding tert-OH is 2. The monoisotopic (exact) mass is 858 g/mol. The predicted octanol–water partition coefficient (Wildman–Crippen LogP) is 4.31. The lowest BCUT2D eigenvalue weighted by Gasteiger charge is -2.49. The summed E-state index contributed by atoms with van der Waals surface area (Å²) in [4.78, 5) is 44.0. The minimum atomic E-state index is -2.01. The molecule has 0 aromatic carbocycles. The molecular weight excluding hydrogens is 778 g/mol. The Labute approximate surface area is 358 Å². The van der Waals surface area contributed by atoms with Crippen molar-refractivity contribution >= 4 is 17.7 Å². The molecule has 15 heteroatoms. The summed E-state index contributed by atoms with van der Waals surface area (Å²) in [6.07, 6.45) is -4.24. The Morgan fingerprint density at radius 3 is 2.10 bits per heavy atom. The topological polar surface area (TPSA) is 200 Å². The van der Waals surface area contributed by atoms with E-state index in [1.807, 2.05) is 25.9 Å². The highest BCUT2D eigenvalue weighted by atomic mass is 16.7. The Balaban J connectivity index is 1.82. The molecule has 4 fully saturated rings. The van der Waals surface area contributed by atoms with Crippen LogP contribution in [0.4, 0.5) is 0 Å². The van der Waals surface area contributed by atoms with Crippen LogP contribution in [0.1, 0.15) is 133 Å². The molecule has 3 heterocycles. The maximum absolute atomic E-state index is 14.3. The maximum atomic E-state index is 14.3. The van der Waals surface area contributed by atoms with Crippen molar-refractivity contribution in [1.29, 1.82) is 0 Å². The maximum Gasteiger partial charge on any atom is 0.311 e. The SMILES string of the molecule is CC[C@@H]1OC(=O)[C@H](C)[C@H](O[C@@H]2C[C@](C)(OC)[C@H](O)[C@H](C)O2)[C@H](C)[C@H](O[C@@H]2O[C@H](C)C[C@H](N(C)C)[C@@H]2OC(=O)CCC2CCCC2)[C@](C)(O)C[C@H](C)C(=O)[C@H](C)[C@H](O)[C@@]1(C)O. The van der Waals surface area contributed by atoms with E-state index in [-0.39, 0.29) is 43.8 Å². The molecule has 0 bridgehead atoms. The molecule has 0 radical (unpaired) electrons. The van der Waals surface area contributed by atoms with Crippen LogP contribution >= 0.6 is 0 Å². The molecule has 4 rings (SSSR count). The summed E-state index contributed by atoms with van der Waals surface area (Å²) in [6, 6.07) is -0.314. The highest BCUT2D eigenvalue weighted by Gasteiger charge is 2.54. The predicted molar refractivity (Wildman–Crippen MR) is 221 cm³/mol. The Bertz CT molecular complexity index is 1420. The highest BCUT2D eigenvalue weighted by molar-refractivity contribution is 5.83. The molecule has 0 unspecified atom stereocenters. The van der Waals surface area contributed by atoms with Gasteiger partial charge in [0.05, 0.1) is 53.7 Å². The molecule has 3 aliphatic heterocycles. The zero-order valence-corrected chi connectivity index (χ0v) is 38.6. The molecule has 0 aromatic rings. The molecule has 0 spiro atoms. The number of cyclic esters (lactones) is 1. The minimum Gasteiger partial charge on any atom is -0.459 e. The standard InChI is InChI=1S/C45H79NO14/c1-14-32-45(10,53)38(49)26(4)35(48)24(2)22-43(8,52)40(27(5)36(28(6)41(51)57-32)59-34-23-44(9,54-13)39(50)29(7)56-34)60-42-37(31(46(11)12)21-25(3)55-42)58-33(47)20-19-30-17-15-16-18-30/h24-32,34,36-40,42,49-50,52-53H,14-23H2,1-13H3/t24-,25+,26-,27-,28+,29-,31-,32-,34+,36+,37-,38-,39+,40-,42-,43+,44-,45-/m0/s1. The number of hydrogen-bond donors (Lipinski definition) is 4. The van der Waals surface area contributed by atoms with E-state index in [4.69, 9.17) is 33.2 Å². The third-order valence-electron chi connectivity index (χ3n) is 14.3. The number of nitrogens with zero attached hydrogens (tertiary/aromatic N) is 1. The normalized spacial score (nSPS) is 45.6. The molecule has 4 N–H and O–H groups in total. The Hall–Kier alpha value is -1.79. The van der Waals surface area contributed by atoms with Crippen LogP contribution in [-0.4, -0.2) is 149 Å². The van der Waals surface area contributed by atoms with Crippen molar-refractivity contribution in [1.82, 2.24) is 4.90 Å². The van der Waals surface area contributed by atoms with Gasteiger partial charge < -0.3 is 58.5 Å². The number of methoxy groups -OCH3 is 1. The molecule has 60 heavy (non-hydrogen) atoms. The minimum absolute atomic E-state index is 0.0798. The van der Waals surface area contributed by atoms with Gasteiger partial charge in [0, 0.05) is 37.7 Å². The van der Waals surface area contributed by atoms with Gasteiger partial charge in [-0.3, -0.25) is 14.4 Å². The van der Waals surface area contributed by atoms with E-state index in [1.165, 1.54) is 21.0 Å². The lowest BCUT2D eigenvalue weighted by atomic mass is 9.74. The van der Waals surface area contributed by atoms with Crippen LogP contribution in [0.25, 0.3) is 0 Å². The largest absolute Gasteiger partial charge is 0.459 e. The van der Waals surface area contributed by atoms with E-state index in [0.29, 0.717) is 12.3 Å². The Kier molecular flexibility index (Phi) is 17.6. The van der Waals surface area contributed by atoms with Gasteiger partial charge in [0.2, 0.25) is 0 Å². The number of aliphatic hydroxyl groups is 4. The molecule has 1 saturated carbocycles. The van der Waals surface area contributed by atoms with Crippen LogP contribution in [0.5, 0.6) is 0 Å². The van der Waals surface area contributed by atoms with Gasteiger partial charge in [-0.25, -0.2) is 0 Å². The molecule has 15 nitrogen and oxygen atoms in total. The van der Waals surface area contributed by atoms with Crippen molar-refractivity contribution in [2.45, 2.75) is 218 Å². The van der Waals surface area contributed by atoms with E-state index >= 15 is 0 Å². The number of hydrogen-bond acceptors (Lipinski definition) is 15. The zero-order valence-electron chi connectivity index (χ0n) is 38.6. The number of rotatable bonds is 11. The molecular formula is C45H79NO14. The van der Waals surface area contributed by atoms with Crippen LogP contribution in [0.2, 0.25) is 0 Å². The third-order valence-corrected chi connectivity index (χ3v) is 14.3. The average Bonchev–Trinajstić information content (AvgIpc) is 3.71. The first-order valence-electron chi connectivity index (χ1n) is 22.5. The number of likely N-dealkylation sites (N-methyl/N-ethyl adjacent to an activating group) is 1. The number of ketones is 1. The summed E-state index contributed by atoms with van der Waals surface area (Å²) in [5.74, 6) is -4.99. The number of carbonyl (C=O) groups excluding carboxylic acids is 3. The van der Waals surface area contributed by atoms with Gasteiger partial charge in [0.25, 0.3) is 0 Å². The molecule has 1 aliphatic carbocycles. The van der Waals surface area contributed by atoms with Gasteiger partial charge >= 0.3 is 11.9 Å². The van der Waals surface area contributed by atoms with Crippen molar-refractivity contribution in [2.24, 2.45) is 29.6 Å². The summed E-state index contributed by atoms with van der Waals surface area (Å²) in [7, 11) is 5.29. The summed E-state index contributed by atoms with van der Waals surface area (Å²) in [6.45, 7) is 16.5. The summed E-state index contributed by atoms with van der Waals surface area (Å²) in [5.41, 5.74) is -4.93. The van der Waals surface area contributed by atoms with Crippen molar-refractivity contribution in [3.8, 4) is 0 Å². The molecule has 348 valence electrons. The van der Waals surface area contributed by atoms with Crippen LogP contribution in [0.15, 0.2) is 0 Å². The van der Waals surface area contributed by atoms with E-state index < -0.39 is 108 Å².